The van der Waals surface area contributed by atoms with Gasteiger partial charge in [0.15, 0.2) is 5.69 Å². The number of halogens is 2. The Balaban J connectivity index is 2.77. The van der Waals surface area contributed by atoms with Crippen LogP contribution in [-0.2, 0) is 5.41 Å². The Kier molecular flexibility index (Phi) is 3.52. The van der Waals surface area contributed by atoms with Crippen molar-refractivity contribution in [2.75, 3.05) is 0 Å². The smallest absolute Gasteiger partial charge is 0.358 e. The van der Waals surface area contributed by atoms with Crippen LogP contribution in [0, 0.1) is 18.6 Å². The lowest BCUT2D eigenvalue weighted by Gasteiger charge is -2.20. The van der Waals surface area contributed by atoms with Crippen LogP contribution < -0.4 is 0 Å². The maximum absolute atomic E-state index is 14.1. The first kappa shape index (κ1) is 15.1. The van der Waals surface area contributed by atoms with Crippen molar-refractivity contribution in [2.24, 2.45) is 0 Å². The van der Waals surface area contributed by atoms with E-state index < -0.39 is 23.0 Å². The third kappa shape index (κ3) is 2.63. The number of rotatable bonds is 2. The van der Waals surface area contributed by atoms with Crippen molar-refractivity contribution in [1.29, 1.82) is 0 Å². The number of aryl methyl sites for hydroxylation is 1. The molecule has 21 heavy (non-hydrogen) atoms. The van der Waals surface area contributed by atoms with Crippen molar-refractivity contribution < 1.29 is 18.7 Å². The summed E-state index contributed by atoms with van der Waals surface area (Å²) in [7, 11) is 0. The minimum Gasteiger partial charge on any atom is -0.476 e. The molecule has 0 saturated carbocycles. The maximum atomic E-state index is 14.1. The Bertz CT molecular complexity index is 718. The summed E-state index contributed by atoms with van der Waals surface area (Å²) in [6.07, 6.45) is 0. The second kappa shape index (κ2) is 4.91. The number of aromatic nitrogens is 3. The van der Waals surface area contributed by atoms with Crippen LogP contribution in [0.25, 0.3) is 5.69 Å². The van der Waals surface area contributed by atoms with E-state index >= 15 is 0 Å². The van der Waals surface area contributed by atoms with E-state index in [1.807, 2.05) is 0 Å². The van der Waals surface area contributed by atoms with Crippen molar-refractivity contribution in [3.8, 4) is 5.69 Å². The van der Waals surface area contributed by atoms with Gasteiger partial charge in [0, 0.05) is 11.5 Å². The Morgan fingerprint density at radius 2 is 1.86 bits per heavy atom. The molecule has 0 spiro atoms. The molecule has 2 rings (SSSR count). The lowest BCUT2D eigenvalue weighted by Crippen LogP contribution is -2.21. The third-order valence-corrected chi connectivity index (χ3v) is 3.04. The van der Waals surface area contributed by atoms with Crippen LogP contribution in [-0.4, -0.2) is 26.1 Å². The molecule has 0 bridgehead atoms. The van der Waals surface area contributed by atoms with Crippen LogP contribution in [0.3, 0.4) is 0 Å². The summed E-state index contributed by atoms with van der Waals surface area (Å²) in [6.45, 7) is 6.68. The van der Waals surface area contributed by atoms with Crippen LogP contribution >= 0.6 is 0 Å². The minimum absolute atomic E-state index is 0.159. The first-order chi connectivity index (χ1) is 9.62. The summed E-state index contributed by atoms with van der Waals surface area (Å²) in [4.78, 5) is 11.2. The summed E-state index contributed by atoms with van der Waals surface area (Å²) in [6, 6.07) is 2.03. The number of carboxylic acids is 1. The van der Waals surface area contributed by atoms with Crippen molar-refractivity contribution >= 4 is 5.97 Å². The average Bonchev–Trinajstić information content (AvgIpc) is 2.78. The molecule has 1 aromatic carbocycles. The highest BCUT2D eigenvalue weighted by molar-refractivity contribution is 5.87. The van der Waals surface area contributed by atoms with E-state index in [0.717, 1.165) is 16.8 Å². The molecule has 0 atom stereocenters. The Morgan fingerprint density at radius 1 is 1.24 bits per heavy atom. The molecule has 1 heterocycles. The quantitative estimate of drug-likeness (QED) is 0.925. The number of carbonyl (C=O) groups is 1. The fourth-order valence-electron chi connectivity index (χ4n) is 2.07. The van der Waals surface area contributed by atoms with Crippen molar-refractivity contribution in [3.63, 3.8) is 0 Å². The number of carboxylic acid groups (broad SMARTS) is 1. The van der Waals surface area contributed by atoms with Gasteiger partial charge in [-0.1, -0.05) is 26.0 Å². The van der Waals surface area contributed by atoms with Gasteiger partial charge in [0.05, 0.1) is 5.69 Å². The van der Waals surface area contributed by atoms with Crippen molar-refractivity contribution in [1.82, 2.24) is 15.0 Å². The summed E-state index contributed by atoms with van der Waals surface area (Å²) >= 11 is 0. The molecule has 112 valence electrons. The van der Waals surface area contributed by atoms with Gasteiger partial charge in [-0.05, 0) is 18.6 Å². The molecule has 7 heteroatoms. The Hall–Kier alpha value is -2.31. The van der Waals surface area contributed by atoms with Crippen LogP contribution in [0.15, 0.2) is 12.1 Å². The van der Waals surface area contributed by atoms with Crippen molar-refractivity contribution in [2.45, 2.75) is 33.1 Å². The highest BCUT2D eigenvalue weighted by atomic mass is 19.1. The first-order valence-corrected chi connectivity index (χ1v) is 6.28. The normalized spacial score (nSPS) is 11.7. The van der Waals surface area contributed by atoms with Crippen LogP contribution in [0.2, 0.25) is 0 Å². The molecule has 2 aromatic rings. The van der Waals surface area contributed by atoms with Gasteiger partial charge in [0.1, 0.15) is 17.3 Å². The van der Waals surface area contributed by atoms with E-state index in [2.05, 4.69) is 10.3 Å². The molecular weight excluding hydrogens is 280 g/mol. The first-order valence-electron chi connectivity index (χ1n) is 6.28. The number of benzene rings is 1. The maximum Gasteiger partial charge on any atom is 0.358 e. The number of aromatic carboxylic acids is 1. The summed E-state index contributed by atoms with van der Waals surface area (Å²) < 4.78 is 28.8. The van der Waals surface area contributed by atoms with Gasteiger partial charge in [-0.15, -0.1) is 5.10 Å². The molecule has 5 nitrogen and oxygen atoms in total. The molecule has 0 radical (unpaired) electrons. The lowest BCUT2D eigenvalue weighted by atomic mass is 9.90. The molecule has 1 N–H and O–H groups in total. The zero-order chi connectivity index (χ0) is 15.9. The Morgan fingerprint density at radius 3 is 2.38 bits per heavy atom. The zero-order valence-corrected chi connectivity index (χ0v) is 12.1. The molecule has 0 saturated heterocycles. The van der Waals surface area contributed by atoms with Crippen LogP contribution in [0.4, 0.5) is 8.78 Å². The Labute approximate surface area is 120 Å². The predicted molar refractivity (Wildman–Crippen MR) is 71.7 cm³/mol. The molecule has 1 aromatic heterocycles. The average molecular weight is 295 g/mol. The van der Waals surface area contributed by atoms with Crippen LogP contribution in [0.5, 0.6) is 0 Å². The van der Waals surface area contributed by atoms with E-state index in [1.165, 1.54) is 6.92 Å². The van der Waals surface area contributed by atoms with Gasteiger partial charge in [0.2, 0.25) is 0 Å². The highest BCUT2D eigenvalue weighted by Gasteiger charge is 2.30. The molecule has 0 aliphatic carbocycles. The molecule has 0 amide bonds. The second-order valence-corrected chi connectivity index (χ2v) is 5.81. The number of nitrogens with zero attached hydrogens (tertiary/aromatic N) is 3. The molecule has 0 fully saturated rings. The van der Waals surface area contributed by atoms with Crippen molar-refractivity contribution in [3.05, 3.63) is 40.7 Å². The fourth-order valence-corrected chi connectivity index (χ4v) is 2.07. The molecule has 0 unspecified atom stereocenters. The molecular formula is C14H15F2N3O2. The van der Waals surface area contributed by atoms with Gasteiger partial charge < -0.3 is 5.11 Å². The number of hydrogen-bond donors (Lipinski definition) is 1. The highest BCUT2D eigenvalue weighted by Crippen LogP contribution is 2.28. The monoisotopic (exact) mass is 295 g/mol. The lowest BCUT2D eigenvalue weighted by molar-refractivity contribution is 0.0687. The zero-order valence-electron chi connectivity index (χ0n) is 12.1. The van der Waals surface area contributed by atoms with E-state index in [4.69, 9.17) is 0 Å². The summed E-state index contributed by atoms with van der Waals surface area (Å²) in [5.74, 6) is -2.56. The minimum atomic E-state index is -1.26. The third-order valence-electron chi connectivity index (χ3n) is 3.04. The second-order valence-electron chi connectivity index (χ2n) is 5.81. The van der Waals surface area contributed by atoms with Gasteiger partial charge in [-0.2, -0.15) is 0 Å². The van der Waals surface area contributed by atoms with Gasteiger partial charge in [-0.25, -0.2) is 18.3 Å². The number of hydrogen-bond acceptors (Lipinski definition) is 3. The molecule has 0 aliphatic heterocycles. The van der Waals surface area contributed by atoms with Gasteiger partial charge in [-0.3, -0.25) is 0 Å². The topological polar surface area (TPSA) is 68.0 Å². The van der Waals surface area contributed by atoms with Crippen LogP contribution in [0.1, 0.15) is 42.5 Å². The van der Waals surface area contributed by atoms with E-state index in [1.54, 1.807) is 20.8 Å². The predicted octanol–water partition coefficient (Wildman–Crippen LogP) is 2.85. The van der Waals surface area contributed by atoms with E-state index in [0.29, 0.717) is 0 Å². The van der Waals surface area contributed by atoms with Gasteiger partial charge >= 0.3 is 5.97 Å². The molecule has 0 aliphatic rings. The fraction of sp³-hybridized carbons (Fsp3) is 0.357. The standard InChI is InChI=1S/C14H15F2N3O2/c1-7-5-9(16)10(6-8(7)15)19-12(14(2,3)4)11(13(20)21)17-18-19/h5-6H,1-4H3,(H,20,21). The van der Waals surface area contributed by atoms with E-state index in [9.17, 15) is 18.7 Å². The summed E-state index contributed by atoms with van der Waals surface area (Å²) in [5.41, 5.74) is -0.736. The van der Waals surface area contributed by atoms with Gasteiger partial charge in [0.25, 0.3) is 0 Å². The summed E-state index contributed by atoms with van der Waals surface area (Å²) in [5, 5.41) is 16.4. The SMILES string of the molecule is Cc1cc(F)c(-n2nnc(C(=O)O)c2C(C)(C)C)cc1F. The van der Waals surface area contributed by atoms with E-state index in [-0.39, 0.29) is 22.6 Å². The largest absolute Gasteiger partial charge is 0.476 e.